The summed E-state index contributed by atoms with van der Waals surface area (Å²) < 4.78 is 9.89. The van der Waals surface area contributed by atoms with Gasteiger partial charge in [-0.05, 0) is 0 Å². The molecule has 1 saturated heterocycles. The Kier molecular flexibility index (Phi) is 3.42. The SMILES string of the molecule is CO[C@H](CO)[C@H]1OC[C@H](O)[C@H]1O. The van der Waals surface area contributed by atoms with Crippen LogP contribution in [0.2, 0.25) is 0 Å². The normalized spacial score (nSPS) is 38.5. The molecule has 0 aliphatic carbocycles. The molecule has 0 amide bonds. The quantitative estimate of drug-likeness (QED) is 0.471. The standard InChI is InChI=1S/C7H14O5/c1-11-5(2-8)7-6(10)4(9)3-12-7/h4-10H,2-3H2,1H3/t4-,5+,6+,7+/m0/s1. The predicted molar refractivity (Wildman–Crippen MR) is 39.6 cm³/mol. The van der Waals surface area contributed by atoms with E-state index in [1.54, 1.807) is 0 Å². The van der Waals surface area contributed by atoms with Crippen molar-refractivity contribution in [2.75, 3.05) is 20.3 Å². The van der Waals surface area contributed by atoms with Crippen molar-refractivity contribution in [2.45, 2.75) is 24.4 Å². The maximum atomic E-state index is 9.32. The van der Waals surface area contributed by atoms with Crippen LogP contribution in [0, 0.1) is 0 Å². The monoisotopic (exact) mass is 178 g/mol. The Morgan fingerprint density at radius 3 is 2.58 bits per heavy atom. The molecule has 1 heterocycles. The van der Waals surface area contributed by atoms with Crippen molar-refractivity contribution in [1.29, 1.82) is 0 Å². The van der Waals surface area contributed by atoms with Gasteiger partial charge < -0.3 is 24.8 Å². The molecule has 3 N–H and O–H groups in total. The van der Waals surface area contributed by atoms with Crippen molar-refractivity contribution in [3.05, 3.63) is 0 Å². The second kappa shape index (κ2) is 4.15. The zero-order chi connectivity index (χ0) is 9.14. The highest BCUT2D eigenvalue weighted by Gasteiger charge is 2.39. The van der Waals surface area contributed by atoms with Crippen LogP contribution >= 0.6 is 0 Å². The molecular weight excluding hydrogens is 164 g/mol. The summed E-state index contributed by atoms with van der Waals surface area (Å²) in [4.78, 5) is 0. The Hall–Kier alpha value is -0.200. The summed E-state index contributed by atoms with van der Waals surface area (Å²) in [5.74, 6) is 0. The second-order valence-corrected chi connectivity index (χ2v) is 2.81. The van der Waals surface area contributed by atoms with Gasteiger partial charge in [0.05, 0.1) is 13.2 Å². The molecule has 0 radical (unpaired) electrons. The highest BCUT2D eigenvalue weighted by molar-refractivity contribution is 4.88. The number of aliphatic hydroxyl groups excluding tert-OH is 3. The summed E-state index contributed by atoms with van der Waals surface area (Å²) in [6.07, 6.45) is -3.05. The van der Waals surface area contributed by atoms with Gasteiger partial charge in [0.25, 0.3) is 0 Å². The van der Waals surface area contributed by atoms with E-state index in [1.807, 2.05) is 0 Å². The molecule has 0 saturated carbocycles. The van der Waals surface area contributed by atoms with Gasteiger partial charge in [-0.25, -0.2) is 0 Å². The Morgan fingerprint density at radius 2 is 2.25 bits per heavy atom. The number of ether oxygens (including phenoxy) is 2. The van der Waals surface area contributed by atoms with Crippen LogP contribution in [0.15, 0.2) is 0 Å². The number of methoxy groups -OCH3 is 1. The minimum absolute atomic E-state index is 0.0890. The van der Waals surface area contributed by atoms with Crippen LogP contribution in [0.4, 0.5) is 0 Å². The fourth-order valence-electron chi connectivity index (χ4n) is 1.27. The third-order valence-corrected chi connectivity index (χ3v) is 2.04. The first-order chi connectivity index (χ1) is 5.70. The molecule has 72 valence electrons. The van der Waals surface area contributed by atoms with Crippen molar-refractivity contribution in [3.63, 3.8) is 0 Å². The summed E-state index contributed by atoms with van der Waals surface area (Å²) in [5, 5.41) is 27.2. The van der Waals surface area contributed by atoms with Crippen molar-refractivity contribution >= 4 is 0 Å². The summed E-state index contributed by atoms with van der Waals surface area (Å²) in [6, 6.07) is 0. The minimum atomic E-state index is -0.970. The molecule has 0 spiro atoms. The average Bonchev–Trinajstić information content (AvgIpc) is 2.38. The number of hydrogen-bond acceptors (Lipinski definition) is 5. The van der Waals surface area contributed by atoms with E-state index in [1.165, 1.54) is 7.11 Å². The first-order valence-electron chi connectivity index (χ1n) is 3.82. The smallest absolute Gasteiger partial charge is 0.114 e. The van der Waals surface area contributed by atoms with Gasteiger partial charge >= 0.3 is 0 Å². The van der Waals surface area contributed by atoms with Crippen molar-refractivity contribution in [1.82, 2.24) is 0 Å². The molecule has 1 aliphatic rings. The molecule has 0 aromatic heterocycles. The fourth-order valence-corrected chi connectivity index (χ4v) is 1.27. The van der Waals surface area contributed by atoms with E-state index >= 15 is 0 Å². The number of hydrogen-bond donors (Lipinski definition) is 3. The molecule has 5 heteroatoms. The van der Waals surface area contributed by atoms with Crippen molar-refractivity contribution < 1.29 is 24.8 Å². The fraction of sp³-hybridized carbons (Fsp3) is 1.00. The molecule has 1 fully saturated rings. The Labute approximate surface area is 70.5 Å². The van der Waals surface area contributed by atoms with E-state index in [2.05, 4.69) is 0 Å². The van der Waals surface area contributed by atoms with E-state index in [4.69, 9.17) is 19.7 Å². The first-order valence-corrected chi connectivity index (χ1v) is 3.82. The van der Waals surface area contributed by atoms with Crippen LogP contribution in [0.25, 0.3) is 0 Å². The largest absolute Gasteiger partial charge is 0.394 e. The summed E-state index contributed by atoms with van der Waals surface area (Å²) in [7, 11) is 1.42. The van der Waals surface area contributed by atoms with E-state index in [9.17, 15) is 5.11 Å². The summed E-state index contributed by atoms with van der Waals surface area (Å²) >= 11 is 0. The van der Waals surface area contributed by atoms with Gasteiger partial charge in [0.2, 0.25) is 0 Å². The summed E-state index contributed by atoms with van der Waals surface area (Å²) in [5.41, 5.74) is 0. The van der Waals surface area contributed by atoms with Crippen molar-refractivity contribution in [3.8, 4) is 0 Å². The predicted octanol–water partition coefficient (Wildman–Crippen LogP) is -1.89. The molecule has 12 heavy (non-hydrogen) atoms. The molecule has 0 aromatic carbocycles. The highest BCUT2D eigenvalue weighted by atomic mass is 16.6. The molecule has 1 aliphatic heterocycles. The second-order valence-electron chi connectivity index (χ2n) is 2.81. The maximum Gasteiger partial charge on any atom is 0.114 e. The Bertz CT molecular complexity index is 136. The average molecular weight is 178 g/mol. The lowest BCUT2D eigenvalue weighted by Crippen LogP contribution is -2.41. The lowest BCUT2D eigenvalue weighted by molar-refractivity contribution is -0.0855. The lowest BCUT2D eigenvalue weighted by atomic mass is 10.1. The zero-order valence-corrected chi connectivity index (χ0v) is 6.88. The first kappa shape index (κ1) is 9.88. The van der Waals surface area contributed by atoms with Gasteiger partial charge in [-0.3, -0.25) is 0 Å². The van der Waals surface area contributed by atoms with Gasteiger partial charge in [-0.15, -0.1) is 0 Å². The van der Waals surface area contributed by atoms with Gasteiger partial charge in [-0.1, -0.05) is 0 Å². The van der Waals surface area contributed by atoms with Crippen LogP contribution in [0.5, 0.6) is 0 Å². The molecule has 5 nitrogen and oxygen atoms in total. The third-order valence-electron chi connectivity index (χ3n) is 2.04. The van der Waals surface area contributed by atoms with E-state index < -0.39 is 24.4 Å². The number of aliphatic hydroxyl groups is 3. The van der Waals surface area contributed by atoms with Crippen LogP contribution in [0.3, 0.4) is 0 Å². The molecule has 0 aromatic rings. The molecule has 0 bridgehead atoms. The van der Waals surface area contributed by atoms with Crippen LogP contribution < -0.4 is 0 Å². The molecule has 4 atom stereocenters. The highest BCUT2D eigenvalue weighted by Crippen LogP contribution is 2.18. The number of rotatable bonds is 3. The van der Waals surface area contributed by atoms with Crippen LogP contribution in [-0.4, -0.2) is 60.1 Å². The minimum Gasteiger partial charge on any atom is -0.394 e. The third kappa shape index (κ3) is 1.75. The molecular formula is C7H14O5. The lowest BCUT2D eigenvalue weighted by Gasteiger charge is -2.22. The van der Waals surface area contributed by atoms with E-state index in [0.29, 0.717) is 0 Å². The Morgan fingerprint density at radius 1 is 1.58 bits per heavy atom. The van der Waals surface area contributed by atoms with Crippen LogP contribution in [0.1, 0.15) is 0 Å². The van der Waals surface area contributed by atoms with Crippen molar-refractivity contribution in [2.24, 2.45) is 0 Å². The topological polar surface area (TPSA) is 79.2 Å². The maximum absolute atomic E-state index is 9.32. The van der Waals surface area contributed by atoms with E-state index in [0.717, 1.165) is 0 Å². The van der Waals surface area contributed by atoms with Gasteiger partial charge in [0.15, 0.2) is 0 Å². The van der Waals surface area contributed by atoms with Gasteiger partial charge in [0.1, 0.15) is 24.4 Å². The summed E-state index contributed by atoms with van der Waals surface area (Å²) in [6.45, 7) is -0.142. The van der Waals surface area contributed by atoms with Crippen LogP contribution in [-0.2, 0) is 9.47 Å². The molecule has 0 unspecified atom stereocenters. The zero-order valence-electron chi connectivity index (χ0n) is 6.88. The Balaban J connectivity index is 2.51. The van der Waals surface area contributed by atoms with Gasteiger partial charge in [0, 0.05) is 7.11 Å². The van der Waals surface area contributed by atoms with Gasteiger partial charge in [-0.2, -0.15) is 0 Å². The molecule has 1 rings (SSSR count). The van der Waals surface area contributed by atoms with E-state index in [-0.39, 0.29) is 13.2 Å².